The van der Waals surface area contributed by atoms with Crippen LogP contribution in [0.5, 0.6) is 0 Å². The van der Waals surface area contributed by atoms with Crippen LogP contribution in [0.2, 0.25) is 0 Å². The summed E-state index contributed by atoms with van der Waals surface area (Å²) in [5, 5.41) is 3.60. The van der Waals surface area contributed by atoms with E-state index in [-0.39, 0.29) is 12.5 Å². The standard InChI is InChI=1S/C17H20N2O5S/c1-11-8-16(20)24-15-9-13(5-6-14(11)15)18-17(21)12-4-3-7-19(10-12)25(2,22)23/h5-6,8-9,12H,3-4,7,10H2,1-2H3,(H,18,21). The molecule has 1 atom stereocenters. The molecule has 2 aromatic rings. The number of amides is 1. The lowest BCUT2D eigenvalue weighted by Gasteiger charge is -2.30. The molecule has 0 saturated carbocycles. The highest BCUT2D eigenvalue weighted by molar-refractivity contribution is 7.88. The molecule has 1 N–H and O–H groups in total. The topological polar surface area (TPSA) is 96.7 Å². The average molecular weight is 364 g/mol. The van der Waals surface area contributed by atoms with Crippen LogP contribution >= 0.6 is 0 Å². The Hall–Kier alpha value is -2.19. The Morgan fingerprint density at radius 1 is 1.32 bits per heavy atom. The first-order valence-electron chi connectivity index (χ1n) is 8.04. The van der Waals surface area contributed by atoms with Gasteiger partial charge in [-0.25, -0.2) is 17.5 Å². The molecular formula is C17H20N2O5S. The van der Waals surface area contributed by atoms with Crippen molar-refractivity contribution >= 4 is 32.6 Å². The molecule has 1 unspecified atom stereocenters. The number of sulfonamides is 1. The molecule has 8 heteroatoms. The van der Waals surface area contributed by atoms with E-state index in [9.17, 15) is 18.0 Å². The van der Waals surface area contributed by atoms with Crippen LogP contribution in [0, 0.1) is 12.8 Å². The Kier molecular flexibility index (Phi) is 4.66. The molecule has 1 amide bonds. The highest BCUT2D eigenvalue weighted by Gasteiger charge is 2.30. The van der Waals surface area contributed by atoms with E-state index in [1.807, 2.05) is 6.92 Å². The highest BCUT2D eigenvalue weighted by Crippen LogP contribution is 2.23. The third kappa shape index (κ3) is 3.91. The van der Waals surface area contributed by atoms with E-state index in [4.69, 9.17) is 4.42 Å². The van der Waals surface area contributed by atoms with Gasteiger partial charge in [0.1, 0.15) is 5.58 Å². The van der Waals surface area contributed by atoms with E-state index < -0.39 is 21.6 Å². The van der Waals surface area contributed by atoms with Gasteiger partial charge in [-0.15, -0.1) is 0 Å². The van der Waals surface area contributed by atoms with Gasteiger partial charge in [-0.05, 0) is 37.5 Å². The fourth-order valence-electron chi connectivity index (χ4n) is 3.10. The van der Waals surface area contributed by atoms with E-state index in [2.05, 4.69) is 5.32 Å². The molecule has 1 aromatic heterocycles. The summed E-state index contributed by atoms with van der Waals surface area (Å²) in [6.07, 6.45) is 2.44. The van der Waals surface area contributed by atoms with Gasteiger partial charge in [-0.1, -0.05) is 0 Å². The molecule has 0 aliphatic carbocycles. The molecule has 7 nitrogen and oxygen atoms in total. The van der Waals surface area contributed by atoms with Gasteiger partial charge in [0.05, 0.1) is 12.2 Å². The molecule has 134 valence electrons. The maximum absolute atomic E-state index is 12.5. The molecule has 3 rings (SSSR count). The molecular weight excluding hydrogens is 344 g/mol. The van der Waals surface area contributed by atoms with Gasteiger partial charge in [0.25, 0.3) is 0 Å². The molecule has 2 heterocycles. The van der Waals surface area contributed by atoms with Crippen molar-refractivity contribution < 1.29 is 17.6 Å². The Morgan fingerprint density at radius 2 is 2.08 bits per heavy atom. The Labute approximate surface area is 145 Å². The minimum absolute atomic E-state index is 0.187. The van der Waals surface area contributed by atoms with Gasteiger partial charge in [0.15, 0.2) is 0 Å². The van der Waals surface area contributed by atoms with Crippen LogP contribution in [-0.2, 0) is 14.8 Å². The number of benzene rings is 1. The zero-order valence-corrected chi connectivity index (χ0v) is 14.9. The predicted octanol–water partition coefficient (Wildman–Crippen LogP) is 1.71. The number of piperidine rings is 1. The van der Waals surface area contributed by atoms with Crippen LogP contribution in [0.15, 0.2) is 33.5 Å². The van der Waals surface area contributed by atoms with Crippen molar-refractivity contribution in [3.63, 3.8) is 0 Å². The van der Waals surface area contributed by atoms with Crippen molar-refractivity contribution in [1.29, 1.82) is 0 Å². The molecule has 0 bridgehead atoms. The SMILES string of the molecule is Cc1cc(=O)oc2cc(NC(=O)C3CCCN(S(C)(=O)=O)C3)ccc12. The van der Waals surface area contributed by atoms with Crippen LogP contribution in [0.1, 0.15) is 18.4 Å². The van der Waals surface area contributed by atoms with Crippen LogP contribution in [-0.4, -0.2) is 38.0 Å². The van der Waals surface area contributed by atoms with Gasteiger partial charge in [0.2, 0.25) is 15.9 Å². The largest absolute Gasteiger partial charge is 0.423 e. The normalized spacial score (nSPS) is 19.0. The molecule has 1 aromatic carbocycles. The van der Waals surface area contributed by atoms with E-state index in [1.54, 1.807) is 18.2 Å². The zero-order valence-electron chi connectivity index (χ0n) is 14.1. The fourth-order valence-corrected chi connectivity index (χ4v) is 4.02. The number of carbonyl (C=O) groups excluding carboxylic acids is 1. The lowest BCUT2D eigenvalue weighted by molar-refractivity contribution is -0.120. The number of nitrogens with zero attached hydrogens (tertiary/aromatic N) is 1. The number of anilines is 1. The number of rotatable bonds is 3. The molecule has 1 aliphatic heterocycles. The summed E-state index contributed by atoms with van der Waals surface area (Å²) >= 11 is 0. The molecule has 0 spiro atoms. The van der Waals surface area contributed by atoms with Crippen molar-refractivity contribution in [2.24, 2.45) is 5.92 Å². The second-order valence-electron chi connectivity index (χ2n) is 6.41. The number of hydrogen-bond acceptors (Lipinski definition) is 5. The summed E-state index contributed by atoms with van der Waals surface area (Å²) in [5.41, 5.74) is 1.29. The smallest absolute Gasteiger partial charge is 0.336 e. The molecule has 0 radical (unpaired) electrons. The Morgan fingerprint density at radius 3 is 2.80 bits per heavy atom. The number of aryl methyl sites for hydroxylation is 1. The van der Waals surface area contributed by atoms with E-state index in [1.165, 1.54) is 10.4 Å². The maximum atomic E-state index is 12.5. The third-order valence-corrected chi connectivity index (χ3v) is 5.71. The lowest BCUT2D eigenvalue weighted by Crippen LogP contribution is -2.43. The molecule has 1 fully saturated rings. The predicted molar refractivity (Wildman–Crippen MR) is 95.0 cm³/mol. The van der Waals surface area contributed by atoms with Crippen LogP contribution < -0.4 is 10.9 Å². The first-order valence-corrected chi connectivity index (χ1v) is 9.89. The maximum Gasteiger partial charge on any atom is 0.336 e. The summed E-state index contributed by atoms with van der Waals surface area (Å²) in [7, 11) is -3.30. The van der Waals surface area contributed by atoms with Gasteiger partial charge in [-0.2, -0.15) is 0 Å². The van der Waals surface area contributed by atoms with Gasteiger partial charge in [-0.3, -0.25) is 4.79 Å². The van der Waals surface area contributed by atoms with Crippen LogP contribution in [0.25, 0.3) is 11.0 Å². The lowest BCUT2D eigenvalue weighted by atomic mass is 9.98. The quantitative estimate of drug-likeness (QED) is 0.837. The number of nitrogens with one attached hydrogen (secondary N) is 1. The first-order chi connectivity index (χ1) is 11.7. The van der Waals surface area contributed by atoms with Gasteiger partial charge >= 0.3 is 5.63 Å². The second kappa shape index (κ2) is 6.61. The van der Waals surface area contributed by atoms with E-state index in [0.717, 1.165) is 17.2 Å². The summed E-state index contributed by atoms with van der Waals surface area (Å²) in [4.78, 5) is 24.0. The van der Waals surface area contributed by atoms with Crippen molar-refractivity contribution in [1.82, 2.24) is 4.31 Å². The summed E-state index contributed by atoms with van der Waals surface area (Å²) in [6.45, 7) is 2.45. The van der Waals surface area contributed by atoms with Crippen molar-refractivity contribution in [3.05, 3.63) is 40.2 Å². The number of fused-ring (bicyclic) bond motifs is 1. The summed E-state index contributed by atoms with van der Waals surface area (Å²) in [6, 6.07) is 6.55. The van der Waals surface area contributed by atoms with Crippen LogP contribution in [0.3, 0.4) is 0 Å². The third-order valence-electron chi connectivity index (χ3n) is 4.44. The number of carbonyl (C=O) groups is 1. The van der Waals surface area contributed by atoms with Crippen molar-refractivity contribution in [3.8, 4) is 0 Å². The minimum Gasteiger partial charge on any atom is -0.423 e. The average Bonchev–Trinajstić information content (AvgIpc) is 2.53. The monoisotopic (exact) mass is 364 g/mol. The van der Waals surface area contributed by atoms with E-state index in [0.29, 0.717) is 30.7 Å². The Balaban J connectivity index is 1.79. The zero-order chi connectivity index (χ0) is 18.2. The summed E-state index contributed by atoms with van der Waals surface area (Å²) < 4.78 is 29.9. The number of hydrogen-bond donors (Lipinski definition) is 1. The van der Waals surface area contributed by atoms with E-state index >= 15 is 0 Å². The molecule has 25 heavy (non-hydrogen) atoms. The second-order valence-corrected chi connectivity index (χ2v) is 8.39. The first kappa shape index (κ1) is 17.6. The van der Waals surface area contributed by atoms with Gasteiger partial charge in [0, 0.05) is 36.3 Å². The van der Waals surface area contributed by atoms with Crippen LogP contribution in [0.4, 0.5) is 5.69 Å². The fraction of sp³-hybridized carbons (Fsp3) is 0.412. The van der Waals surface area contributed by atoms with Crippen molar-refractivity contribution in [2.45, 2.75) is 19.8 Å². The molecule has 1 saturated heterocycles. The molecule has 1 aliphatic rings. The Bertz CT molecular complexity index is 980. The summed E-state index contributed by atoms with van der Waals surface area (Å²) in [5.74, 6) is -0.633. The highest BCUT2D eigenvalue weighted by atomic mass is 32.2. The minimum atomic E-state index is -3.30. The van der Waals surface area contributed by atoms with Crippen molar-refractivity contribution in [2.75, 3.05) is 24.7 Å². The van der Waals surface area contributed by atoms with Gasteiger partial charge < -0.3 is 9.73 Å².